The average Bonchev–Trinajstić information content (AvgIpc) is 2.82. The van der Waals surface area contributed by atoms with Gasteiger partial charge in [-0.1, -0.05) is 13.0 Å². The van der Waals surface area contributed by atoms with Crippen molar-refractivity contribution in [2.24, 2.45) is 0 Å². The topological polar surface area (TPSA) is 61.5 Å². The molecule has 0 aliphatic heterocycles. The Kier molecular flexibility index (Phi) is 5.33. The molecule has 2 rings (SSSR count). The summed E-state index contributed by atoms with van der Waals surface area (Å²) in [4.78, 5) is 6.95. The van der Waals surface area contributed by atoms with E-state index >= 15 is 0 Å². The van der Waals surface area contributed by atoms with Crippen molar-refractivity contribution < 1.29 is 10.2 Å². The first kappa shape index (κ1) is 15.9. The number of benzene rings is 1. The highest BCUT2D eigenvalue weighted by atomic mass is 16.3. The Labute approximate surface area is 125 Å². The van der Waals surface area contributed by atoms with Crippen LogP contribution in [0.15, 0.2) is 18.2 Å². The minimum Gasteiger partial charge on any atom is -0.395 e. The lowest BCUT2D eigenvalue weighted by atomic mass is 10.2. The van der Waals surface area contributed by atoms with Crippen LogP contribution < -0.4 is 0 Å². The molecule has 1 aromatic heterocycles. The number of hydrogen-bond acceptors (Lipinski definition) is 4. The largest absolute Gasteiger partial charge is 0.395 e. The standard InChI is InChI=1S/C16H25N3O2/c1-4-18(7-9-20)13(3)16-17-14-11-12(2)5-6-15(14)19(16)8-10-21/h5-6,11,13,20-21H,4,7-10H2,1-3H3. The number of aliphatic hydroxyl groups excluding tert-OH is 2. The molecule has 0 radical (unpaired) electrons. The molecule has 0 saturated heterocycles. The lowest BCUT2D eigenvalue weighted by molar-refractivity contribution is 0.157. The van der Waals surface area contributed by atoms with Gasteiger partial charge in [0.05, 0.1) is 30.3 Å². The van der Waals surface area contributed by atoms with E-state index in [-0.39, 0.29) is 19.3 Å². The summed E-state index contributed by atoms with van der Waals surface area (Å²) in [6.45, 7) is 8.47. The number of aromatic nitrogens is 2. The van der Waals surface area contributed by atoms with Gasteiger partial charge in [0.2, 0.25) is 0 Å². The number of likely N-dealkylation sites (N-methyl/N-ethyl adjacent to an activating group) is 1. The van der Waals surface area contributed by atoms with E-state index in [1.165, 1.54) is 5.56 Å². The molecule has 0 saturated carbocycles. The lowest BCUT2D eigenvalue weighted by Gasteiger charge is -2.27. The third kappa shape index (κ3) is 3.26. The van der Waals surface area contributed by atoms with Gasteiger partial charge in [-0.25, -0.2) is 4.98 Å². The third-order valence-corrected chi connectivity index (χ3v) is 3.97. The predicted octanol–water partition coefficient (Wildman–Crippen LogP) is 1.71. The maximum absolute atomic E-state index is 9.36. The van der Waals surface area contributed by atoms with Gasteiger partial charge in [0, 0.05) is 13.1 Å². The number of aryl methyl sites for hydroxylation is 1. The smallest absolute Gasteiger partial charge is 0.127 e. The van der Waals surface area contributed by atoms with Gasteiger partial charge in [-0.05, 0) is 38.1 Å². The molecule has 1 atom stereocenters. The Morgan fingerprint density at radius 1 is 1.29 bits per heavy atom. The summed E-state index contributed by atoms with van der Waals surface area (Å²) in [6, 6.07) is 6.30. The Morgan fingerprint density at radius 2 is 2.05 bits per heavy atom. The SMILES string of the molecule is CCN(CCO)C(C)c1nc2cc(C)ccc2n1CCO. The van der Waals surface area contributed by atoms with Crippen LogP contribution in [0, 0.1) is 6.92 Å². The molecule has 5 heteroatoms. The third-order valence-electron chi connectivity index (χ3n) is 3.97. The van der Waals surface area contributed by atoms with Crippen molar-refractivity contribution >= 4 is 11.0 Å². The molecule has 5 nitrogen and oxygen atoms in total. The molecule has 0 fully saturated rings. The molecule has 116 valence electrons. The van der Waals surface area contributed by atoms with Crippen molar-refractivity contribution in [3.8, 4) is 0 Å². The lowest BCUT2D eigenvalue weighted by Crippen LogP contribution is -2.31. The minimum absolute atomic E-state index is 0.0885. The Bertz CT molecular complexity index is 594. The maximum atomic E-state index is 9.36. The van der Waals surface area contributed by atoms with Crippen LogP contribution >= 0.6 is 0 Å². The van der Waals surface area contributed by atoms with Crippen molar-refractivity contribution in [1.82, 2.24) is 14.5 Å². The molecule has 0 bridgehead atoms. The predicted molar refractivity (Wildman–Crippen MR) is 84.3 cm³/mol. The molecule has 1 unspecified atom stereocenters. The van der Waals surface area contributed by atoms with Crippen molar-refractivity contribution in [1.29, 1.82) is 0 Å². The molecule has 21 heavy (non-hydrogen) atoms. The first-order valence-corrected chi connectivity index (χ1v) is 7.54. The molecule has 0 spiro atoms. The summed E-state index contributed by atoms with van der Waals surface area (Å²) in [5.41, 5.74) is 3.19. The van der Waals surface area contributed by atoms with Gasteiger partial charge < -0.3 is 14.8 Å². The normalized spacial score (nSPS) is 13.2. The summed E-state index contributed by atoms with van der Waals surface area (Å²) in [6.07, 6.45) is 0. The maximum Gasteiger partial charge on any atom is 0.127 e. The van der Waals surface area contributed by atoms with Crippen molar-refractivity contribution in [2.75, 3.05) is 26.3 Å². The van der Waals surface area contributed by atoms with Crippen LogP contribution in [0.25, 0.3) is 11.0 Å². The van der Waals surface area contributed by atoms with Crippen molar-refractivity contribution in [3.05, 3.63) is 29.6 Å². The zero-order valence-electron chi connectivity index (χ0n) is 13.1. The van der Waals surface area contributed by atoms with Crippen molar-refractivity contribution in [3.63, 3.8) is 0 Å². The fourth-order valence-electron chi connectivity index (χ4n) is 2.83. The number of aliphatic hydroxyl groups is 2. The van der Waals surface area contributed by atoms with Gasteiger partial charge in [-0.15, -0.1) is 0 Å². The molecule has 1 aromatic carbocycles. The van der Waals surface area contributed by atoms with E-state index in [4.69, 9.17) is 4.98 Å². The number of fused-ring (bicyclic) bond motifs is 1. The van der Waals surface area contributed by atoms with E-state index in [9.17, 15) is 10.2 Å². The molecule has 0 aliphatic rings. The van der Waals surface area contributed by atoms with E-state index in [2.05, 4.69) is 48.4 Å². The monoisotopic (exact) mass is 291 g/mol. The number of imidazole rings is 1. The fourth-order valence-corrected chi connectivity index (χ4v) is 2.83. The minimum atomic E-state index is 0.0885. The second-order valence-electron chi connectivity index (χ2n) is 5.37. The number of hydrogen-bond donors (Lipinski definition) is 2. The summed E-state index contributed by atoms with van der Waals surface area (Å²) in [7, 11) is 0. The highest BCUT2D eigenvalue weighted by Crippen LogP contribution is 2.25. The van der Waals surface area contributed by atoms with Crippen LogP contribution in [0.1, 0.15) is 31.3 Å². The molecule has 2 aromatic rings. The molecule has 0 aliphatic carbocycles. The summed E-state index contributed by atoms with van der Waals surface area (Å²) in [5.74, 6) is 0.944. The number of nitrogens with zero attached hydrogens (tertiary/aromatic N) is 3. The molecular weight excluding hydrogens is 266 g/mol. The van der Waals surface area contributed by atoms with E-state index in [0.717, 1.165) is 23.4 Å². The zero-order valence-corrected chi connectivity index (χ0v) is 13.1. The zero-order chi connectivity index (χ0) is 15.4. The van der Waals surface area contributed by atoms with Gasteiger partial charge in [-0.3, -0.25) is 4.90 Å². The first-order valence-electron chi connectivity index (χ1n) is 7.54. The molecular formula is C16H25N3O2. The van der Waals surface area contributed by atoms with Gasteiger partial charge in [0.1, 0.15) is 5.82 Å². The van der Waals surface area contributed by atoms with Crippen LogP contribution in [0.4, 0.5) is 0 Å². The Balaban J connectivity index is 2.48. The highest BCUT2D eigenvalue weighted by molar-refractivity contribution is 5.77. The quantitative estimate of drug-likeness (QED) is 0.815. The first-order chi connectivity index (χ1) is 10.1. The molecule has 2 N–H and O–H groups in total. The molecule has 1 heterocycles. The van der Waals surface area contributed by atoms with E-state index in [1.807, 2.05) is 0 Å². The van der Waals surface area contributed by atoms with Crippen LogP contribution in [0.2, 0.25) is 0 Å². The fraction of sp³-hybridized carbons (Fsp3) is 0.562. The molecule has 0 amide bonds. The van der Waals surface area contributed by atoms with Gasteiger partial charge in [-0.2, -0.15) is 0 Å². The second-order valence-corrected chi connectivity index (χ2v) is 5.37. The van der Waals surface area contributed by atoms with Crippen LogP contribution in [0.5, 0.6) is 0 Å². The second kappa shape index (κ2) is 7.02. The van der Waals surface area contributed by atoms with Crippen LogP contribution in [-0.2, 0) is 6.54 Å². The van der Waals surface area contributed by atoms with E-state index in [1.54, 1.807) is 0 Å². The van der Waals surface area contributed by atoms with E-state index < -0.39 is 0 Å². The van der Waals surface area contributed by atoms with E-state index in [0.29, 0.717) is 13.1 Å². The Hall–Kier alpha value is -1.43. The van der Waals surface area contributed by atoms with Gasteiger partial charge in [0.25, 0.3) is 0 Å². The summed E-state index contributed by atoms with van der Waals surface area (Å²) >= 11 is 0. The highest BCUT2D eigenvalue weighted by Gasteiger charge is 2.21. The Morgan fingerprint density at radius 3 is 2.67 bits per heavy atom. The van der Waals surface area contributed by atoms with Crippen LogP contribution in [0.3, 0.4) is 0 Å². The van der Waals surface area contributed by atoms with Crippen LogP contribution in [-0.4, -0.2) is 51.0 Å². The number of rotatable bonds is 7. The average molecular weight is 291 g/mol. The van der Waals surface area contributed by atoms with Crippen molar-refractivity contribution in [2.45, 2.75) is 33.4 Å². The summed E-state index contributed by atoms with van der Waals surface area (Å²) < 4.78 is 2.08. The van der Waals surface area contributed by atoms with Gasteiger partial charge >= 0.3 is 0 Å². The summed E-state index contributed by atoms with van der Waals surface area (Å²) in [5, 5.41) is 18.6. The van der Waals surface area contributed by atoms with Gasteiger partial charge in [0.15, 0.2) is 0 Å².